The van der Waals surface area contributed by atoms with Crippen LogP contribution >= 0.6 is 0 Å². The van der Waals surface area contributed by atoms with Crippen molar-refractivity contribution < 1.29 is 22.0 Å². The zero-order chi connectivity index (χ0) is 19.7. The van der Waals surface area contributed by atoms with Gasteiger partial charge in [-0.05, 0) is 41.5 Å². The summed E-state index contributed by atoms with van der Waals surface area (Å²) in [5.74, 6) is -1.65. The Balaban J connectivity index is 2.34. The monoisotopic (exact) mass is 378 g/mol. The van der Waals surface area contributed by atoms with Crippen LogP contribution in [-0.2, 0) is 11.6 Å². The minimum atomic E-state index is -4.73. The number of halogens is 5. The molecule has 0 spiro atoms. The lowest BCUT2D eigenvalue weighted by Crippen LogP contribution is -2.39. The molecule has 2 N–H and O–H groups in total. The Labute approximate surface area is 152 Å². The first-order valence-corrected chi connectivity index (χ1v) is 8.03. The second-order valence-corrected chi connectivity index (χ2v) is 6.06. The fraction of sp³-hybridized carbons (Fsp3) is 0.150. The predicted octanol–water partition coefficient (Wildman–Crippen LogP) is 4.67. The van der Waals surface area contributed by atoms with Gasteiger partial charge in [0.15, 0.2) is 0 Å². The van der Waals surface area contributed by atoms with Gasteiger partial charge < -0.3 is 5.73 Å². The van der Waals surface area contributed by atoms with Crippen LogP contribution in [0.5, 0.6) is 0 Å². The summed E-state index contributed by atoms with van der Waals surface area (Å²) in [5.41, 5.74) is 4.23. The topological polar surface area (TPSA) is 38.9 Å². The fourth-order valence-corrected chi connectivity index (χ4v) is 3.15. The van der Waals surface area contributed by atoms with E-state index >= 15 is 0 Å². The number of aromatic nitrogens is 1. The van der Waals surface area contributed by atoms with E-state index in [0.717, 1.165) is 24.4 Å². The third-order valence-corrected chi connectivity index (χ3v) is 4.46. The molecular weight excluding hydrogens is 363 g/mol. The first-order valence-electron chi connectivity index (χ1n) is 8.03. The molecule has 0 amide bonds. The van der Waals surface area contributed by atoms with Gasteiger partial charge in [0.2, 0.25) is 0 Å². The molecule has 0 radical (unpaired) electrons. The summed E-state index contributed by atoms with van der Waals surface area (Å²) in [7, 11) is 0. The molecule has 0 saturated heterocycles. The van der Waals surface area contributed by atoms with Crippen LogP contribution in [0.1, 0.15) is 22.4 Å². The largest absolute Gasteiger partial charge is 0.416 e. The maximum atomic E-state index is 14.1. The summed E-state index contributed by atoms with van der Waals surface area (Å²) >= 11 is 0. The van der Waals surface area contributed by atoms with E-state index < -0.39 is 28.8 Å². The summed E-state index contributed by atoms with van der Waals surface area (Å²) in [5, 5.41) is 0. The summed E-state index contributed by atoms with van der Waals surface area (Å²) in [6.07, 6.45) is -3.78. The van der Waals surface area contributed by atoms with Gasteiger partial charge in [0.25, 0.3) is 0 Å². The molecule has 7 heteroatoms. The van der Waals surface area contributed by atoms with Gasteiger partial charge >= 0.3 is 6.18 Å². The Bertz CT molecular complexity index is 923. The second-order valence-electron chi connectivity index (χ2n) is 6.06. The number of rotatable bonds is 4. The molecule has 0 saturated carbocycles. The van der Waals surface area contributed by atoms with Gasteiger partial charge in [-0.15, -0.1) is 0 Å². The van der Waals surface area contributed by atoms with Gasteiger partial charge in [0, 0.05) is 6.54 Å². The molecule has 0 bridgehead atoms. The number of hydrogen-bond donors (Lipinski definition) is 1. The molecule has 0 aliphatic heterocycles. The highest BCUT2D eigenvalue weighted by Gasteiger charge is 2.39. The van der Waals surface area contributed by atoms with E-state index in [1.165, 1.54) is 6.07 Å². The maximum absolute atomic E-state index is 14.1. The lowest BCUT2D eigenvalue weighted by Gasteiger charge is -2.34. The highest BCUT2D eigenvalue weighted by molar-refractivity contribution is 5.50. The van der Waals surface area contributed by atoms with Crippen LogP contribution in [0.25, 0.3) is 0 Å². The molecule has 1 aromatic heterocycles. The molecule has 0 fully saturated rings. The van der Waals surface area contributed by atoms with Crippen molar-refractivity contribution in [3.05, 3.63) is 101 Å². The van der Waals surface area contributed by atoms with E-state index in [2.05, 4.69) is 4.98 Å². The third kappa shape index (κ3) is 3.55. The molecule has 3 aromatic rings. The van der Waals surface area contributed by atoms with Gasteiger partial charge in [-0.3, -0.25) is 4.98 Å². The normalized spacial score (nSPS) is 14.0. The number of hydrogen-bond acceptors (Lipinski definition) is 2. The lowest BCUT2D eigenvalue weighted by molar-refractivity contribution is -0.137. The molecule has 140 valence electrons. The molecule has 0 unspecified atom stereocenters. The molecule has 3 rings (SSSR count). The molecule has 0 aliphatic rings. The van der Waals surface area contributed by atoms with Crippen LogP contribution in [0.4, 0.5) is 22.0 Å². The Kier molecular flexibility index (Phi) is 4.97. The van der Waals surface area contributed by atoms with E-state index in [0.29, 0.717) is 11.6 Å². The van der Waals surface area contributed by atoms with Crippen LogP contribution in [0.2, 0.25) is 0 Å². The highest BCUT2D eigenvalue weighted by Crippen LogP contribution is 2.40. The Morgan fingerprint density at radius 2 is 1.44 bits per heavy atom. The second kappa shape index (κ2) is 7.08. The van der Waals surface area contributed by atoms with Crippen LogP contribution in [0, 0.1) is 11.6 Å². The van der Waals surface area contributed by atoms with Crippen molar-refractivity contribution in [1.82, 2.24) is 4.98 Å². The third-order valence-electron chi connectivity index (χ3n) is 4.46. The average Bonchev–Trinajstić information content (AvgIpc) is 2.64. The summed E-state index contributed by atoms with van der Waals surface area (Å²) in [4.78, 5) is 4.04. The van der Waals surface area contributed by atoms with E-state index in [9.17, 15) is 22.0 Å². The van der Waals surface area contributed by atoms with Crippen LogP contribution in [0.15, 0.2) is 66.9 Å². The lowest BCUT2D eigenvalue weighted by atomic mass is 9.71. The van der Waals surface area contributed by atoms with Gasteiger partial charge in [0.1, 0.15) is 11.6 Å². The number of nitrogens with two attached hydrogens (primary N) is 1. The number of benzene rings is 2. The van der Waals surface area contributed by atoms with Gasteiger partial charge in [-0.2, -0.15) is 13.2 Å². The van der Waals surface area contributed by atoms with E-state index in [1.54, 1.807) is 30.3 Å². The molecule has 0 aliphatic carbocycles. The SMILES string of the molecule is NC[C@](c1ccccc1)(c1cc(F)cc(C(F)(F)F)c1)c1ccc(F)cn1. The minimum absolute atomic E-state index is 0.0115. The molecule has 27 heavy (non-hydrogen) atoms. The van der Waals surface area contributed by atoms with Crippen molar-refractivity contribution in [1.29, 1.82) is 0 Å². The number of pyridine rings is 1. The standard InChI is InChI=1S/C20H15F5N2/c21-16-6-7-18(27-11-16)19(12-26,13-4-2-1-3-5-13)14-8-15(20(23,24)25)10-17(22)9-14/h1-11H,12,26H2/t19-/m0/s1. The first-order chi connectivity index (χ1) is 12.8. The van der Waals surface area contributed by atoms with Crippen LogP contribution in [-0.4, -0.2) is 11.5 Å². The number of nitrogens with zero attached hydrogens (tertiary/aromatic N) is 1. The highest BCUT2D eigenvalue weighted by atomic mass is 19.4. The molecular formula is C20H15F5N2. The van der Waals surface area contributed by atoms with E-state index in [1.807, 2.05) is 0 Å². The number of alkyl halides is 3. The maximum Gasteiger partial charge on any atom is 0.416 e. The molecule has 1 heterocycles. The first kappa shape index (κ1) is 19.0. The van der Waals surface area contributed by atoms with Crippen LogP contribution in [0.3, 0.4) is 0 Å². The average molecular weight is 378 g/mol. The zero-order valence-corrected chi connectivity index (χ0v) is 14.0. The molecule has 1 atom stereocenters. The van der Waals surface area contributed by atoms with Crippen molar-refractivity contribution in [2.45, 2.75) is 11.6 Å². The van der Waals surface area contributed by atoms with Gasteiger partial charge in [-0.25, -0.2) is 8.78 Å². The quantitative estimate of drug-likeness (QED) is 0.670. The minimum Gasteiger partial charge on any atom is -0.329 e. The summed E-state index contributed by atoms with van der Waals surface area (Å²) in [6.45, 7) is -0.198. The fourth-order valence-electron chi connectivity index (χ4n) is 3.15. The summed E-state index contributed by atoms with van der Waals surface area (Å²) < 4.78 is 67.2. The van der Waals surface area contributed by atoms with Gasteiger partial charge in [-0.1, -0.05) is 30.3 Å². The Morgan fingerprint density at radius 1 is 0.778 bits per heavy atom. The van der Waals surface area contributed by atoms with Crippen LogP contribution < -0.4 is 5.73 Å². The van der Waals surface area contributed by atoms with Gasteiger partial charge in [0.05, 0.1) is 22.9 Å². The van der Waals surface area contributed by atoms with E-state index in [4.69, 9.17) is 5.73 Å². The van der Waals surface area contributed by atoms with Crippen molar-refractivity contribution in [3.8, 4) is 0 Å². The van der Waals surface area contributed by atoms with Crippen molar-refractivity contribution >= 4 is 0 Å². The van der Waals surface area contributed by atoms with Crippen molar-refractivity contribution in [2.24, 2.45) is 5.73 Å². The molecule has 2 nitrogen and oxygen atoms in total. The smallest absolute Gasteiger partial charge is 0.329 e. The summed E-state index contributed by atoms with van der Waals surface area (Å²) in [6, 6.07) is 13.2. The Hall–Kier alpha value is -2.80. The van der Waals surface area contributed by atoms with Crippen molar-refractivity contribution in [2.75, 3.05) is 6.54 Å². The van der Waals surface area contributed by atoms with Crippen molar-refractivity contribution in [3.63, 3.8) is 0 Å². The zero-order valence-electron chi connectivity index (χ0n) is 14.0. The van der Waals surface area contributed by atoms with E-state index in [-0.39, 0.29) is 17.8 Å². The molecule has 2 aromatic carbocycles. The predicted molar refractivity (Wildman–Crippen MR) is 91.0 cm³/mol. The Morgan fingerprint density at radius 3 is 2.00 bits per heavy atom.